The van der Waals surface area contributed by atoms with Gasteiger partial charge in [0.2, 0.25) is 5.91 Å². The lowest BCUT2D eigenvalue weighted by molar-refractivity contribution is -0.132. The summed E-state index contributed by atoms with van der Waals surface area (Å²) in [6, 6.07) is 8.03. The van der Waals surface area contributed by atoms with Gasteiger partial charge < -0.3 is 9.80 Å². The summed E-state index contributed by atoms with van der Waals surface area (Å²) in [4.78, 5) is 17.5. The van der Waals surface area contributed by atoms with Gasteiger partial charge in [-0.1, -0.05) is 29.8 Å². The summed E-state index contributed by atoms with van der Waals surface area (Å²) < 4.78 is 0. The molecule has 0 saturated carbocycles. The predicted octanol–water partition coefficient (Wildman–Crippen LogP) is 3.31. The van der Waals surface area contributed by atoms with Gasteiger partial charge in [0.25, 0.3) is 0 Å². The number of rotatable bonds is 4. The number of carbonyl (C=O) groups excluding carboxylic acids is 1. The van der Waals surface area contributed by atoms with Gasteiger partial charge in [-0.05, 0) is 49.7 Å². The molecule has 5 heteroatoms. The van der Waals surface area contributed by atoms with Crippen molar-refractivity contribution in [3.63, 3.8) is 0 Å². The number of carbonyl (C=O) groups is 1. The SMILES string of the molecule is O=C(Cc1ccccc1Cl)N1CCCSCC1CN1CCCC1. The first kappa shape index (κ1) is 17.1. The van der Waals surface area contributed by atoms with E-state index in [2.05, 4.69) is 9.80 Å². The second kappa shape index (κ2) is 8.41. The standard InChI is InChI=1S/C18H25ClN2OS/c19-17-7-2-1-6-15(17)12-18(22)21-10-5-11-23-14-16(21)13-20-8-3-4-9-20/h1-2,6-7,16H,3-5,8-14H2. The lowest BCUT2D eigenvalue weighted by atomic mass is 10.1. The van der Waals surface area contributed by atoms with Crippen molar-refractivity contribution in [1.29, 1.82) is 0 Å². The lowest BCUT2D eigenvalue weighted by Gasteiger charge is -2.33. The molecular weight excluding hydrogens is 328 g/mol. The highest BCUT2D eigenvalue weighted by Crippen LogP contribution is 2.22. The molecule has 0 N–H and O–H groups in total. The van der Waals surface area contributed by atoms with Crippen LogP contribution in [0, 0.1) is 0 Å². The van der Waals surface area contributed by atoms with Crippen molar-refractivity contribution >= 4 is 29.3 Å². The van der Waals surface area contributed by atoms with E-state index in [4.69, 9.17) is 11.6 Å². The van der Waals surface area contributed by atoms with Crippen molar-refractivity contribution in [2.75, 3.05) is 37.7 Å². The van der Waals surface area contributed by atoms with Crippen molar-refractivity contribution in [3.05, 3.63) is 34.9 Å². The first-order valence-electron chi connectivity index (χ1n) is 8.57. The molecule has 1 aromatic carbocycles. The van der Waals surface area contributed by atoms with E-state index in [-0.39, 0.29) is 5.91 Å². The van der Waals surface area contributed by atoms with Gasteiger partial charge in [-0.2, -0.15) is 11.8 Å². The molecule has 1 atom stereocenters. The molecule has 126 valence electrons. The maximum atomic E-state index is 12.9. The van der Waals surface area contributed by atoms with Crippen molar-refractivity contribution in [3.8, 4) is 0 Å². The summed E-state index contributed by atoms with van der Waals surface area (Å²) >= 11 is 8.22. The third-order valence-electron chi connectivity index (χ3n) is 4.73. The Hall–Kier alpha value is -0.710. The number of nitrogens with zero attached hydrogens (tertiary/aromatic N) is 2. The van der Waals surface area contributed by atoms with Crippen molar-refractivity contribution < 1.29 is 4.79 Å². The third kappa shape index (κ3) is 4.65. The van der Waals surface area contributed by atoms with E-state index in [1.165, 1.54) is 25.9 Å². The molecule has 2 fully saturated rings. The van der Waals surface area contributed by atoms with Crippen LogP contribution in [0.25, 0.3) is 0 Å². The first-order valence-corrected chi connectivity index (χ1v) is 10.1. The maximum absolute atomic E-state index is 12.9. The number of likely N-dealkylation sites (tertiary alicyclic amines) is 1. The highest BCUT2D eigenvalue weighted by atomic mass is 35.5. The monoisotopic (exact) mass is 352 g/mol. The second-order valence-electron chi connectivity index (χ2n) is 6.45. The number of benzene rings is 1. The fraction of sp³-hybridized carbons (Fsp3) is 0.611. The molecule has 1 aromatic rings. The van der Waals surface area contributed by atoms with Crippen LogP contribution in [0.15, 0.2) is 24.3 Å². The van der Waals surface area contributed by atoms with Crippen molar-refractivity contribution in [2.45, 2.75) is 31.7 Å². The molecule has 2 heterocycles. The molecule has 0 aromatic heterocycles. The van der Waals surface area contributed by atoms with Gasteiger partial charge in [0, 0.05) is 23.9 Å². The highest BCUT2D eigenvalue weighted by Gasteiger charge is 2.28. The summed E-state index contributed by atoms with van der Waals surface area (Å²) in [5.74, 6) is 2.45. The summed E-state index contributed by atoms with van der Waals surface area (Å²) in [6.07, 6.45) is 4.11. The van der Waals surface area contributed by atoms with Crippen LogP contribution in [-0.2, 0) is 11.2 Å². The molecule has 0 radical (unpaired) electrons. The molecule has 0 spiro atoms. The summed E-state index contributed by atoms with van der Waals surface area (Å²) in [7, 11) is 0. The zero-order valence-electron chi connectivity index (χ0n) is 13.5. The molecule has 3 nitrogen and oxygen atoms in total. The van der Waals surface area contributed by atoms with E-state index in [1.54, 1.807) is 0 Å². The Kier molecular flexibility index (Phi) is 6.26. The number of hydrogen-bond acceptors (Lipinski definition) is 3. The van der Waals surface area contributed by atoms with Gasteiger partial charge in [-0.15, -0.1) is 0 Å². The minimum atomic E-state index is 0.227. The molecule has 0 bridgehead atoms. The molecule has 0 aliphatic carbocycles. The second-order valence-corrected chi connectivity index (χ2v) is 8.00. The fourth-order valence-electron chi connectivity index (χ4n) is 3.48. The van der Waals surface area contributed by atoms with E-state index in [0.717, 1.165) is 36.6 Å². The molecule has 23 heavy (non-hydrogen) atoms. The Morgan fingerprint density at radius 1 is 1.17 bits per heavy atom. The first-order chi connectivity index (χ1) is 11.2. The normalized spacial score (nSPS) is 23.0. The van der Waals surface area contributed by atoms with Crippen LogP contribution in [0.4, 0.5) is 0 Å². The zero-order chi connectivity index (χ0) is 16.1. The van der Waals surface area contributed by atoms with Crippen LogP contribution < -0.4 is 0 Å². The van der Waals surface area contributed by atoms with Crippen LogP contribution >= 0.6 is 23.4 Å². The Balaban J connectivity index is 1.68. The Morgan fingerprint density at radius 3 is 2.74 bits per heavy atom. The lowest BCUT2D eigenvalue weighted by Crippen LogP contribution is -2.48. The van der Waals surface area contributed by atoms with Gasteiger partial charge in [0.15, 0.2) is 0 Å². The minimum absolute atomic E-state index is 0.227. The molecule has 3 rings (SSSR count). The van der Waals surface area contributed by atoms with Crippen LogP contribution in [0.2, 0.25) is 5.02 Å². The minimum Gasteiger partial charge on any atom is -0.337 e. The van der Waals surface area contributed by atoms with E-state index in [0.29, 0.717) is 17.5 Å². The molecular formula is C18H25ClN2OS. The maximum Gasteiger partial charge on any atom is 0.227 e. The number of hydrogen-bond donors (Lipinski definition) is 0. The average Bonchev–Trinajstić information content (AvgIpc) is 2.94. The van der Waals surface area contributed by atoms with Crippen LogP contribution in [0.5, 0.6) is 0 Å². The number of amides is 1. The Morgan fingerprint density at radius 2 is 1.96 bits per heavy atom. The van der Waals surface area contributed by atoms with Gasteiger partial charge in [-0.25, -0.2) is 0 Å². The zero-order valence-corrected chi connectivity index (χ0v) is 15.1. The molecule has 2 aliphatic heterocycles. The van der Waals surface area contributed by atoms with Crippen LogP contribution in [0.3, 0.4) is 0 Å². The molecule has 2 saturated heterocycles. The molecule has 1 unspecified atom stereocenters. The fourth-order valence-corrected chi connectivity index (χ4v) is 4.74. The van der Waals surface area contributed by atoms with Crippen molar-refractivity contribution in [2.24, 2.45) is 0 Å². The van der Waals surface area contributed by atoms with E-state index < -0.39 is 0 Å². The Labute approximate surface area is 148 Å². The number of halogens is 1. The molecule has 1 amide bonds. The quantitative estimate of drug-likeness (QED) is 0.830. The smallest absolute Gasteiger partial charge is 0.227 e. The summed E-state index contributed by atoms with van der Waals surface area (Å²) in [6.45, 7) is 4.29. The average molecular weight is 353 g/mol. The van der Waals surface area contributed by atoms with Gasteiger partial charge in [0.05, 0.1) is 12.5 Å². The van der Waals surface area contributed by atoms with Crippen LogP contribution in [0.1, 0.15) is 24.8 Å². The van der Waals surface area contributed by atoms with Gasteiger partial charge >= 0.3 is 0 Å². The predicted molar refractivity (Wildman–Crippen MR) is 98.3 cm³/mol. The van der Waals surface area contributed by atoms with Gasteiger partial charge in [-0.3, -0.25) is 4.79 Å². The van der Waals surface area contributed by atoms with Crippen LogP contribution in [-0.4, -0.2) is 59.4 Å². The Bertz CT molecular complexity index is 534. The van der Waals surface area contributed by atoms with Crippen molar-refractivity contribution in [1.82, 2.24) is 9.80 Å². The van der Waals surface area contributed by atoms with E-state index in [9.17, 15) is 4.79 Å². The largest absolute Gasteiger partial charge is 0.337 e. The van der Waals surface area contributed by atoms with Gasteiger partial charge in [0.1, 0.15) is 0 Å². The highest BCUT2D eigenvalue weighted by molar-refractivity contribution is 7.99. The summed E-state index contributed by atoms with van der Waals surface area (Å²) in [5, 5.41) is 0.695. The number of thioether (sulfide) groups is 1. The third-order valence-corrected chi connectivity index (χ3v) is 6.29. The van der Waals surface area contributed by atoms with E-state index in [1.807, 2.05) is 36.0 Å². The summed E-state index contributed by atoms with van der Waals surface area (Å²) in [5.41, 5.74) is 0.941. The molecule has 2 aliphatic rings. The van der Waals surface area contributed by atoms with E-state index >= 15 is 0 Å². The topological polar surface area (TPSA) is 23.6 Å².